The lowest BCUT2D eigenvalue weighted by atomic mass is 10.1. The Balaban J connectivity index is 2.15. The van der Waals surface area contributed by atoms with Gasteiger partial charge in [-0.1, -0.05) is 6.07 Å². The molecule has 2 rings (SSSR count). The first-order chi connectivity index (χ1) is 8.47. The molecule has 0 saturated heterocycles. The van der Waals surface area contributed by atoms with Crippen LogP contribution < -0.4 is 15.4 Å². The van der Waals surface area contributed by atoms with Crippen LogP contribution in [-0.4, -0.2) is 36.3 Å². The van der Waals surface area contributed by atoms with E-state index in [1.165, 1.54) is 0 Å². The third-order valence-electron chi connectivity index (χ3n) is 2.61. The molecular weight excluding hydrogens is 232 g/mol. The summed E-state index contributed by atoms with van der Waals surface area (Å²) in [6, 6.07) is 5.40. The molecule has 1 amide bonds. The fraction of sp³-hybridized carbons (Fsp3) is 0.462. The highest BCUT2D eigenvalue weighted by molar-refractivity contribution is 5.99. The molecular formula is C13H18N2O3. The van der Waals surface area contributed by atoms with Gasteiger partial charge in [-0.15, -0.1) is 0 Å². The molecule has 1 aromatic carbocycles. The number of rotatable bonds is 3. The molecule has 0 aromatic heterocycles. The maximum Gasteiger partial charge on any atom is 0.255 e. The molecule has 0 aliphatic carbocycles. The van der Waals surface area contributed by atoms with E-state index in [9.17, 15) is 9.90 Å². The molecule has 0 spiro atoms. The van der Waals surface area contributed by atoms with E-state index in [1.54, 1.807) is 26.0 Å². The van der Waals surface area contributed by atoms with Crippen LogP contribution in [0.5, 0.6) is 5.75 Å². The highest BCUT2D eigenvalue weighted by Crippen LogP contribution is 2.31. The number of carbonyl (C=O) groups excluding carboxylic acids is 1. The monoisotopic (exact) mass is 250 g/mol. The summed E-state index contributed by atoms with van der Waals surface area (Å²) in [7, 11) is 0. The standard InChI is InChI=1S/C13H18N2O3/c1-13(2,17)8-15-12(16)9-4-3-5-10-11(9)18-7-6-14-10/h3-5,14,17H,6-8H2,1-2H3,(H,15,16). The van der Waals surface area contributed by atoms with Crippen LogP contribution in [-0.2, 0) is 0 Å². The van der Waals surface area contributed by atoms with E-state index >= 15 is 0 Å². The van der Waals surface area contributed by atoms with Gasteiger partial charge in [0.15, 0.2) is 5.75 Å². The van der Waals surface area contributed by atoms with Gasteiger partial charge in [0, 0.05) is 13.1 Å². The van der Waals surface area contributed by atoms with Gasteiger partial charge in [-0.3, -0.25) is 4.79 Å². The fourth-order valence-electron chi connectivity index (χ4n) is 1.74. The number of nitrogens with one attached hydrogen (secondary N) is 2. The Labute approximate surface area is 106 Å². The summed E-state index contributed by atoms with van der Waals surface area (Å²) < 4.78 is 5.52. The van der Waals surface area contributed by atoms with Crippen molar-refractivity contribution in [1.29, 1.82) is 0 Å². The van der Waals surface area contributed by atoms with Crippen molar-refractivity contribution in [3.05, 3.63) is 23.8 Å². The first-order valence-electron chi connectivity index (χ1n) is 5.98. The molecule has 0 fully saturated rings. The van der Waals surface area contributed by atoms with E-state index in [-0.39, 0.29) is 12.5 Å². The molecule has 18 heavy (non-hydrogen) atoms. The molecule has 3 N–H and O–H groups in total. The normalized spacial score (nSPS) is 14.2. The van der Waals surface area contributed by atoms with E-state index in [0.29, 0.717) is 17.9 Å². The molecule has 5 nitrogen and oxygen atoms in total. The number of aliphatic hydroxyl groups is 1. The highest BCUT2D eigenvalue weighted by atomic mass is 16.5. The van der Waals surface area contributed by atoms with Gasteiger partial charge in [0.1, 0.15) is 6.61 Å². The molecule has 0 atom stereocenters. The summed E-state index contributed by atoms with van der Waals surface area (Å²) >= 11 is 0. The SMILES string of the molecule is CC(C)(O)CNC(=O)c1cccc2c1OCCN2. The zero-order valence-corrected chi connectivity index (χ0v) is 10.6. The van der Waals surface area contributed by atoms with Crippen molar-refractivity contribution < 1.29 is 14.6 Å². The third-order valence-corrected chi connectivity index (χ3v) is 2.61. The molecule has 98 valence electrons. The van der Waals surface area contributed by atoms with Crippen LogP contribution in [0.25, 0.3) is 0 Å². The number of amides is 1. The minimum atomic E-state index is -0.927. The summed E-state index contributed by atoms with van der Waals surface area (Å²) in [6.07, 6.45) is 0. The maximum atomic E-state index is 12.0. The Morgan fingerprint density at radius 3 is 3.06 bits per heavy atom. The van der Waals surface area contributed by atoms with Crippen molar-refractivity contribution in [2.24, 2.45) is 0 Å². The quantitative estimate of drug-likeness (QED) is 0.748. The Kier molecular flexibility index (Phi) is 3.43. The van der Waals surface area contributed by atoms with Crippen molar-refractivity contribution in [3.63, 3.8) is 0 Å². The molecule has 0 radical (unpaired) electrons. The number of ether oxygens (including phenoxy) is 1. The summed E-state index contributed by atoms with van der Waals surface area (Å²) in [5.41, 5.74) is 0.393. The molecule has 0 unspecified atom stereocenters. The van der Waals surface area contributed by atoms with Crippen molar-refractivity contribution in [2.45, 2.75) is 19.4 Å². The van der Waals surface area contributed by atoms with Crippen LogP contribution in [0.2, 0.25) is 0 Å². The first kappa shape index (κ1) is 12.7. The predicted molar refractivity (Wildman–Crippen MR) is 69.1 cm³/mol. The molecule has 1 aromatic rings. The van der Waals surface area contributed by atoms with E-state index in [1.807, 2.05) is 6.07 Å². The molecule has 1 heterocycles. The van der Waals surface area contributed by atoms with Gasteiger partial charge in [0.05, 0.1) is 16.9 Å². The average Bonchev–Trinajstić information content (AvgIpc) is 2.34. The number of hydrogen-bond donors (Lipinski definition) is 3. The Morgan fingerprint density at radius 1 is 1.56 bits per heavy atom. The van der Waals surface area contributed by atoms with Gasteiger partial charge in [-0.05, 0) is 26.0 Å². The first-order valence-corrected chi connectivity index (χ1v) is 5.98. The van der Waals surface area contributed by atoms with E-state index in [4.69, 9.17) is 4.74 Å². The molecule has 0 saturated carbocycles. The van der Waals surface area contributed by atoms with Gasteiger partial charge >= 0.3 is 0 Å². The van der Waals surface area contributed by atoms with Crippen molar-refractivity contribution in [3.8, 4) is 5.75 Å². The Hall–Kier alpha value is -1.75. The van der Waals surface area contributed by atoms with Crippen LogP contribution in [0.3, 0.4) is 0 Å². The lowest BCUT2D eigenvalue weighted by Crippen LogP contribution is -2.38. The van der Waals surface area contributed by atoms with Crippen LogP contribution in [0.4, 0.5) is 5.69 Å². The minimum Gasteiger partial charge on any atom is -0.489 e. The molecule has 1 aliphatic rings. The number of carbonyl (C=O) groups is 1. The summed E-state index contributed by atoms with van der Waals surface area (Å²) in [6.45, 7) is 4.77. The van der Waals surface area contributed by atoms with Gasteiger partial charge < -0.3 is 20.5 Å². The van der Waals surface area contributed by atoms with Crippen molar-refractivity contribution >= 4 is 11.6 Å². The second-order valence-corrected chi connectivity index (χ2v) is 4.95. The fourth-order valence-corrected chi connectivity index (χ4v) is 1.74. The van der Waals surface area contributed by atoms with Crippen LogP contribution in [0.15, 0.2) is 18.2 Å². The van der Waals surface area contributed by atoms with Crippen LogP contribution >= 0.6 is 0 Å². The van der Waals surface area contributed by atoms with Crippen LogP contribution in [0, 0.1) is 0 Å². The number of para-hydroxylation sites is 1. The highest BCUT2D eigenvalue weighted by Gasteiger charge is 2.20. The van der Waals surface area contributed by atoms with Crippen molar-refractivity contribution in [2.75, 3.05) is 25.0 Å². The molecule has 1 aliphatic heterocycles. The average molecular weight is 250 g/mol. The van der Waals surface area contributed by atoms with Gasteiger partial charge in [-0.2, -0.15) is 0 Å². The lowest BCUT2D eigenvalue weighted by Gasteiger charge is -2.22. The number of anilines is 1. The summed E-state index contributed by atoms with van der Waals surface area (Å²) in [5, 5.41) is 15.5. The zero-order chi connectivity index (χ0) is 13.2. The zero-order valence-electron chi connectivity index (χ0n) is 10.6. The predicted octanol–water partition coefficient (Wildman–Crippen LogP) is 0.992. The summed E-state index contributed by atoms with van der Waals surface area (Å²) in [4.78, 5) is 12.0. The van der Waals surface area contributed by atoms with Crippen LogP contribution in [0.1, 0.15) is 24.2 Å². The molecule has 0 bridgehead atoms. The summed E-state index contributed by atoms with van der Waals surface area (Å²) in [5.74, 6) is 0.342. The molecule has 5 heteroatoms. The van der Waals surface area contributed by atoms with Gasteiger partial charge in [-0.25, -0.2) is 0 Å². The lowest BCUT2D eigenvalue weighted by molar-refractivity contribution is 0.0692. The topological polar surface area (TPSA) is 70.6 Å². The largest absolute Gasteiger partial charge is 0.489 e. The van der Waals surface area contributed by atoms with Gasteiger partial charge in [0.25, 0.3) is 5.91 Å². The third kappa shape index (κ3) is 2.92. The number of hydrogen-bond acceptors (Lipinski definition) is 4. The number of fused-ring (bicyclic) bond motifs is 1. The van der Waals surface area contributed by atoms with E-state index in [2.05, 4.69) is 10.6 Å². The Bertz CT molecular complexity index is 452. The van der Waals surface area contributed by atoms with Gasteiger partial charge in [0.2, 0.25) is 0 Å². The smallest absolute Gasteiger partial charge is 0.255 e. The Morgan fingerprint density at radius 2 is 2.33 bits per heavy atom. The van der Waals surface area contributed by atoms with E-state index < -0.39 is 5.60 Å². The number of benzene rings is 1. The second kappa shape index (κ2) is 4.86. The van der Waals surface area contributed by atoms with E-state index in [0.717, 1.165) is 12.2 Å². The van der Waals surface area contributed by atoms with Crippen molar-refractivity contribution in [1.82, 2.24) is 5.32 Å². The minimum absolute atomic E-state index is 0.197. The maximum absolute atomic E-state index is 12.0. The second-order valence-electron chi connectivity index (χ2n) is 4.95.